The highest BCUT2D eigenvalue weighted by Crippen LogP contribution is 2.17. The van der Waals surface area contributed by atoms with Gasteiger partial charge in [-0.2, -0.15) is 0 Å². The Hall–Kier alpha value is -1.36. The van der Waals surface area contributed by atoms with Crippen molar-refractivity contribution < 1.29 is 4.79 Å². The van der Waals surface area contributed by atoms with Gasteiger partial charge < -0.3 is 5.32 Å². The van der Waals surface area contributed by atoms with Crippen molar-refractivity contribution >= 4 is 28.5 Å². The Morgan fingerprint density at radius 1 is 1.15 bits per heavy atom. The molecule has 0 radical (unpaired) electrons. The van der Waals surface area contributed by atoms with Crippen LogP contribution in [0.4, 0.5) is 0 Å². The minimum absolute atomic E-state index is 0.000816. The van der Waals surface area contributed by atoms with E-state index in [0.29, 0.717) is 12.5 Å². The first kappa shape index (κ1) is 15.0. The molecule has 0 aromatic heterocycles. The number of carbonyl (C=O) groups is 1. The van der Waals surface area contributed by atoms with Crippen molar-refractivity contribution in [2.45, 2.75) is 19.8 Å². The number of halogens is 1. The third kappa shape index (κ3) is 3.60. The van der Waals surface area contributed by atoms with Crippen LogP contribution in [0.2, 0.25) is 0 Å². The first-order valence-electron chi connectivity index (χ1n) is 6.68. The van der Waals surface area contributed by atoms with E-state index in [-0.39, 0.29) is 5.91 Å². The van der Waals surface area contributed by atoms with E-state index in [1.54, 1.807) is 0 Å². The van der Waals surface area contributed by atoms with Crippen LogP contribution in [0.5, 0.6) is 0 Å². The summed E-state index contributed by atoms with van der Waals surface area (Å²) in [7, 11) is 0. The lowest BCUT2D eigenvalue weighted by Gasteiger charge is -2.14. The smallest absolute Gasteiger partial charge is 0.252 e. The maximum atomic E-state index is 12.2. The minimum atomic E-state index is 0.000816. The standard InChI is InChI=1S/C17H18INO/c1-12-7-6-10-15(16(12)18)17(20)19-11-13(2)14-8-4-3-5-9-14/h3-10,13H,11H2,1-2H3,(H,19,20). The van der Waals surface area contributed by atoms with Crippen LogP contribution in [-0.4, -0.2) is 12.5 Å². The molecule has 0 aliphatic carbocycles. The third-order valence-corrected chi connectivity index (χ3v) is 4.81. The van der Waals surface area contributed by atoms with Gasteiger partial charge in [0.25, 0.3) is 5.91 Å². The predicted molar refractivity (Wildman–Crippen MR) is 91.1 cm³/mol. The predicted octanol–water partition coefficient (Wildman–Crippen LogP) is 4.13. The Balaban J connectivity index is 2.01. The van der Waals surface area contributed by atoms with E-state index in [2.05, 4.69) is 47.0 Å². The molecular formula is C17H18INO. The summed E-state index contributed by atoms with van der Waals surface area (Å²) >= 11 is 2.23. The molecule has 1 unspecified atom stereocenters. The summed E-state index contributed by atoms with van der Waals surface area (Å²) in [6.45, 7) is 4.79. The van der Waals surface area contributed by atoms with E-state index in [1.165, 1.54) is 5.56 Å². The molecule has 2 aromatic rings. The number of benzene rings is 2. The van der Waals surface area contributed by atoms with Crippen LogP contribution in [0.3, 0.4) is 0 Å². The van der Waals surface area contributed by atoms with Gasteiger partial charge >= 0.3 is 0 Å². The van der Waals surface area contributed by atoms with Gasteiger partial charge in [-0.1, -0.05) is 49.4 Å². The molecule has 0 bridgehead atoms. The topological polar surface area (TPSA) is 29.1 Å². The molecule has 0 saturated heterocycles. The Bertz CT molecular complexity index is 595. The SMILES string of the molecule is Cc1cccc(C(=O)NCC(C)c2ccccc2)c1I. The first-order chi connectivity index (χ1) is 9.59. The molecule has 1 amide bonds. The fraction of sp³-hybridized carbons (Fsp3) is 0.235. The van der Waals surface area contributed by atoms with E-state index in [0.717, 1.165) is 14.7 Å². The summed E-state index contributed by atoms with van der Waals surface area (Å²) in [4.78, 5) is 12.2. The lowest BCUT2D eigenvalue weighted by atomic mass is 10.0. The number of amides is 1. The van der Waals surface area contributed by atoms with E-state index in [9.17, 15) is 4.79 Å². The van der Waals surface area contributed by atoms with Gasteiger partial charge in [0.2, 0.25) is 0 Å². The summed E-state index contributed by atoms with van der Waals surface area (Å²) in [5.41, 5.74) is 3.13. The lowest BCUT2D eigenvalue weighted by molar-refractivity contribution is 0.0950. The first-order valence-corrected chi connectivity index (χ1v) is 7.75. The van der Waals surface area contributed by atoms with Crippen molar-refractivity contribution in [1.82, 2.24) is 5.32 Å². The van der Waals surface area contributed by atoms with Gasteiger partial charge in [-0.05, 0) is 52.6 Å². The van der Waals surface area contributed by atoms with Gasteiger partial charge in [0.05, 0.1) is 5.56 Å². The summed E-state index contributed by atoms with van der Waals surface area (Å²) in [6, 6.07) is 16.0. The van der Waals surface area contributed by atoms with Crippen LogP contribution in [0, 0.1) is 10.5 Å². The van der Waals surface area contributed by atoms with Crippen LogP contribution in [0.25, 0.3) is 0 Å². The maximum Gasteiger partial charge on any atom is 0.252 e. The van der Waals surface area contributed by atoms with E-state index >= 15 is 0 Å². The summed E-state index contributed by atoms with van der Waals surface area (Å²) in [6.07, 6.45) is 0. The molecule has 0 aliphatic heterocycles. The Morgan fingerprint density at radius 3 is 2.55 bits per heavy atom. The number of aryl methyl sites for hydroxylation is 1. The summed E-state index contributed by atoms with van der Waals surface area (Å²) in [5, 5.41) is 3.02. The monoisotopic (exact) mass is 379 g/mol. The number of rotatable bonds is 4. The van der Waals surface area contributed by atoms with Gasteiger partial charge in [0, 0.05) is 10.1 Å². The molecule has 2 rings (SSSR count). The van der Waals surface area contributed by atoms with Crippen LogP contribution >= 0.6 is 22.6 Å². The maximum absolute atomic E-state index is 12.2. The third-order valence-electron chi connectivity index (χ3n) is 3.37. The van der Waals surface area contributed by atoms with Crippen LogP contribution < -0.4 is 5.32 Å². The highest BCUT2D eigenvalue weighted by atomic mass is 127. The minimum Gasteiger partial charge on any atom is -0.351 e. The molecule has 1 atom stereocenters. The Morgan fingerprint density at radius 2 is 1.85 bits per heavy atom. The fourth-order valence-corrected chi connectivity index (χ4v) is 2.67. The van der Waals surface area contributed by atoms with Gasteiger partial charge in [0.15, 0.2) is 0 Å². The van der Waals surface area contributed by atoms with Crippen molar-refractivity contribution in [2.24, 2.45) is 0 Å². The molecule has 0 aliphatic rings. The second kappa shape index (κ2) is 6.88. The second-order valence-electron chi connectivity index (χ2n) is 4.96. The molecule has 2 nitrogen and oxygen atoms in total. The molecule has 20 heavy (non-hydrogen) atoms. The van der Waals surface area contributed by atoms with Crippen molar-refractivity contribution in [2.75, 3.05) is 6.54 Å². The van der Waals surface area contributed by atoms with Crippen LogP contribution in [0.1, 0.15) is 34.3 Å². The zero-order chi connectivity index (χ0) is 14.5. The van der Waals surface area contributed by atoms with Crippen molar-refractivity contribution in [1.29, 1.82) is 0 Å². The molecular weight excluding hydrogens is 361 g/mol. The zero-order valence-corrected chi connectivity index (χ0v) is 13.8. The quantitative estimate of drug-likeness (QED) is 0.796. The van der Waals surface area contributed by atoms with Crippen molar-refractivity contribution in [3.05, 3.63) is 68.8 Å². The highest BCUT2D eigenvalue weighted by molar-refractivity contribution is 14.1. The second-order valence-corrected chi connectivity index (χ2v) is 6.04. The Kier molecular flexibility index (Phi) is 5.17. The van der Waals surface area contributed by atoms with Gasteiger partial charge in [-0.3, -0.25) is 4.79 Å². The average Bonchev–Trinajstić information content (AvgIpc) is 2.48. The number of hydrogen-bond donors (Lipinski definition) is 1. The van der Waals surface area contributed by atoms with Crippen molar-refractivity contribution in [3.8, 4) is 0 Å². The normalized spacial score (nSPS) is 11.9. The molecule has 0 saturated carbocycles. The van der Waals surface area contributed by atoms with E-state index in [1.807, 2.05) is 43.3 Å². The van der Waals surface area contributed by atoms with Gasteiger partial charge in [-0.25, -0.2) is 0 Å². The fourth-order valence-electron chi connectivity index (χ4n) is 2.06. The molecule has 0 heterocycles. The molecule has 104 valence electrons. The zero-order valence-electron chi connectivity index (χ0n) is 11.7. The van der Waals surface area contributed by atoms with Crippen LogP contribution in [-0.2, 0) is 0 Å². The Labute approximate surface area is 133 Å². The molecule has 0 spiro atoms. The number of carbonyl (C=O) groups excluding carboxylic acids is 1. The lowest BCUT2D eigenvalue weighted by Crippen LogP contribution is -2.28. The molecule has 1 N–H and O–H groups in total. The summed E-state index contributed by atoms with van der Waals surface area (Å²) in [5.74, 6) is 0.309. The van der Waals surface area contributed by atoms with E-state index < -0.39 is 0 Å². The highest BCUT2D eigenvalue weighted by Gasteiger charge is 2.12. The molecule has 0 fully saturated rings. The number of hydrogen-bond acceptors (Lipinski definition) is 1. The van der Waals surface area contributed by atoms with Crippen molar-refractivity contribution in [3.63, 3.8) is 0 Å². The number of nitrogens with one attached hydrogen (secondary N) is 1. The summed E-state index contributed by atoms with van der Waals surface area (Å²) < 4.78 is 1.02. The molecule has 3 heteroatoms. The largest absolute Gasteiger partial charge is 0.351 e. The van der Waals surface area contributed by atoms with Gasteiger partial charge in [0.1, 0.15) is 0 Å². The van der Waals surface area contributed by atoms with E-state index in [4.69, 9.17) is 0 Å². The average molecular weight is 379 g/mol. The van der Waals surface area contributed by atoms with Crippen LogP contribution in [0.15, 0.2) is 48.5 Å². The van der Waals surface area contributed by atoms with Gasteiger partial charge in [-0.15, -0.1) is 0 Å². The molecule has 2 aromatic carbocycles.